The van der Waals surface area contributed by atoms with Crippen molar-refractivity contribution in [3.05, 3.63) is 58.1 Å². The van der Waals surface area contributed by atoms with Crippen LogP contribution < -0.4 is 5.30 Å². The van der Waals surface area contributed by atoms with Crippen LogP contribution in [0.15, 0.2) is 35.3 Å². The average Bonchev–Trinajstić information content (AvgIpc) is 2.69. The zero-order chi connectivity index (χ0) is 22.7. The number of aromatic hydroxyl groups is 1. The minimum absolute atomic E-state index is 0.0430. The molecule has 0 aromatic heterocycles. The van der Waals surface area contributed by atoms with E-state index in [1.54, 1.807) is 0 Å². The number of hydrogen-bond donors (Lipinski definition) is 1. The fourth-order valence-electron chi connectivity index (χ4n) is 4.22. The molecule has 0 aliphatic heterocycles. The predicted molar refractivity (Wildman–Crippen MR) is 136 cm³/mol. The lowest BCUT2D eigenvalue weighted by atomic mass is 9.81. The van der Waals surface area contributed by atoms with Crippen LogP contribution in [-0.2, 0) is 10.6 Å². The van der Waals surface area contributed by atoms with Crippen molar-refractivity contribution in [3.63, 3.8) is 0 Å². The Morgan fingerprint density at radius 2 is 1.73 bits per heavy atom. The van der Waals surface area contributed by atoms with E-state index in [2.05, 4.69) is 83.8 Å². The highest BCUT2D eigenvalue weighted by molar-refractivity contribution is 7.49. The van der Waals surface area contributed by atoms with Gasteiger partial charge in [-0.3, -0.25) is 4.99 Å². The van der Waals surface area contributed by atoms with Crippen molar-refractivity contribution >= 4 is 19.6 Å². The molecule has 2 aromatic rings. The van der Waals surface area contributed by atoms with Crippen LogP contribution in [0.2, 0.25) is 0 Å². The molecule has 0 amide bonds. The summed E-state index contributed by atoms with van der Waals surface area (Å²) in [6.45, 7) is 17.6. The van der Waals surface area contributed by atoms with Crippen LogP contribution >= 0.6 is 8.58 Å². The van der Waals surface area contributed by atoms with Gasteiger partial charge in [-0.25, -0.2) is 0 Å². The molecule has 2 aromatic carbocycles. The first-order chi connectivity index (χ1) is 14.0. The summed E-state index contributed by atoms with van der Waals surface area (Å²) >= 11 is 0. The molecule has 3 heteroatoms. The topological polar surface area (TPSA) is 32.6 Å². The highest BCUT2D eigenvalue weighted by atomic mass is 31.1. The first-order valence-electron chi connectivity index (χ1n) is 11.2. The van der Waals surface area contributed by atoms with Gasteiger partial charge in [-0.15, -0.1) is 0 Å². The van der Waals surface area contributed by atoms with Crippen molar-refractivity contribution in [1.82, 2.24) is 0 Å². The fourth-order valence-corrected chi connectivity index (χ4v) is 6.25. The molecule has 0 aliphatic rings. The molecular formula is C27H40NOP. The van der Waals surface area contributed by atoms with Crippen molar-refractivity contribution in [1.29, 1.82) is 0 Å². The van der Waals surface area contributed by atoms with Crippen molar-refractivity contribution in [2.45, 2.75) is 85.2 Å². The molecule has 2 unspecified atom stereocenters. The number of aliphatic imine (C=N–C) groups is 1. The summed E-state index contributed by atoms with van der Waals surface area (Å²) in [6.07, 6.45) is 3.13. The van der Waals surface area contributed by atoms with E-state index in [9.17, 15) is 5.11 Å². The highest BCUT2D eigenvalue weighted by Gasteiger charge is 2.35. The van der Waals surface area contributed by atoms with Crippen molar-refractivity contribution in [2.75, 3.05) is 7.05 Å². The first kappa shape index (κ1) is 24.6. The standard InChI is InChI=1S/C27H40NOP/c1-10-15-27(11-2,23-17-21(26(6,7)8)16-19(4)24(23)29)30-25-18(3)13-12-14-22(25)20(5)28-9/h12-14,16-17,29-30H,10-11,15H2,1-9H3. The van der Waals surface area contributed by atoms with Crippen LogP contribution in [0, 0.1) is 13.8 Å². The van der Waals surface area contributed by atoms with Gasteiger partial charge in [0, 0.05) is 29.0 Å². The van der Waals surface area contributed by atoms with Gasteiger partial charge in [0.05, 0.1) is 0 Å². The molecule has 2 rings (SSSR count). The summed E-state index contributed by atoms with van der Waals surface area (Å²) in [4.78, 5) is 4.48. The third-order valence-corrected chi connectivity index (χ3v) is 8.59. The molecule has 2 nitrogen and oxygen atoms in total. The molecular weight excluding hydrogens is 385 g/mol. The zero-order valence-electron chi connectivity index (χ0n) is 20.4. The van der Waals surface area contributed by atoms with Gasteiger partial charge in [0.25, 0.3) is 0 Å². The van der Waals surface area contributed by atoms with Crippen LogP contribution in [0.1, 0.15) is 88.6 Å². The quantitative estimate of drug-likeness (QED) is 0.371. The third kappa shape index (κ3) is 4.97. The second kappa shape index (κ2) is 9.65. The lowest BCUT2D eigenvalue weighted by Gasteiger charge is -2.37. The van der Waals surface area contributed by atoms with Gasteiger partial charge in [-0.2, -0.15) is 0 Å². The lowest BCUT2D eigenvalue weighted by Crippen LogP contribution is -2.27. The Balaban J connectivity index is 2.78. The Kier molecular flexibility index (Phi) is 7.91. The molecule has 0 aliphatic carbocycles. The molecule has 0 spiro atoms. The van der Waals surface area contributed by atoms with E-state index >= 15 is 0 Å². The summed E-state index contributed by atoms with van der Waals surface area (Å²) < 4.78 is 0. The Morgan fingerprint density at radius 1 is 1.07 bits per heavy atom. The number of benzene rings is 2. The summed E-state index contributed by atoms with van der Waals surface area (Å²) in [7, 11) is 2.44. The third-order valence-electron chi connectivity index (χ3n) is 6.32. The summed E-state index contributed by atoms with van der Waals surface area (Å²) in [6, 6.07) is 11.0. The maximum atomic E-state index is 11.2. The maximum Gasteiger partial charge on any atom is 0.122 e. The number of phenols is 1. The normalized spacial score (nSPS) is 15.0. The number of hydrogen-bond acceptors (Lipinski definition) is 2. The van der Waals surface area contributed by atoms with Gasteiger partial charge in [0.2, 0.25) is 0 Å². The van der Waals surface area contributed by atoms with E-state index in [1.807, 2.05) is 14.0 Å². The number of aryl methyl sites for hydroxylation is 2. The SMILES string of the molecule is CCCC(CC)(Pc1c(C)cccc1C(C)=NC)c1cc(C(C)(C)C)cc(C)c1O. The smallest absolute Gasteiger partial charge is 0.122 e. The summed E-state index contributed by atoms with van der Waals surface area (Å²) in [5.41, 5.74) is 7.07. The average molecular weight is 426 g/mol. The summed E-state index contributed by atoms with van der Waals surface area (Å²) in [5.74, 6) is 0.474. The van der Waals surface area contributed by atoms with E-state index < -0.39 is 0 Å². The molecule has 0 saturated heterocycles. The van der Waals surface area contributed by atoms with Crippen molar-refractivity contribution in [2.24, 2.45) is 4.99 Å². The Labute approximate surface area is 186 Å². The second-order valence-corrected chi connectivity index (χ2v) is 11.3. The van der Waals surface area contributed by atoms with E-state index in [4.69, 9.17) is 0 Å². The number of phenolic OH excluding ortho intramolecular Hbond substituents is 1. The zero-order valence-corrected chi connectivity index (χ0v) is 21.4. The molecule has 1 N–H and O–H groups in total. The molecule has 0 radical (unpaired) electrons. The van der Waals surface area contributed by atoms with E-state index in [0.717, 1.165) is 36.1 Å². The van der Waals surface area contributed by atoms with Gasteiger partial charge in [0.15, 0.2) is 0 Å². The van der Waals surface area contributed by atoms with Gasteiger partial charge < -0.3 is 5.11 Å². The lowest BCUT2D eigenvalue weighted by molar-refractivity contribution is 0.437. The van der Waals surface area contributed by atoms with Crippen molar-refractivity contribution < 1.29 is 5.11 Å². The Hall–Kier alpha value is -1.66. The summed E-state index contributed by atoms with van der Waals surface area (Å²) in [5, 5.41) is 12.5. The van der Waals surface area contributed by atoms with E-state index in [0.29, 0.717) is 14.3 Å². The molecule has 0 saturated carbocycles. The fraction of sp³-hybridized carbons (Fsp3) is 0.519. The monoisotopic (exact) mass is 425 g/mol. The molecule has 30 heavy (non-hydrogen) atoms. The van der Waals surface area contributed by atoms with Crippen LogP contribution in [-0.4, -0.2) is 17.9 Å². The largest absolute Gasteiger partial charge is 0.507 e. The number of rotatable bonds is 7. The van der Waals surface area contributed by atoms with Gasteiger partial charge in [-0.1, -0.05) is 80.0 Å². The van der Waals surface area contributed by atoms with Gasteiger partial charge >= 0.3 is 0 Å². The van der Waals surface area contributed by atoms with Crippen LogP contribution in [0.25, 0.3) is 0 Å². The highest BCUT2D eigenvalue weighted by Crippen LogP contribution is 2.52. The van der Waals surface area contributed by atoms with Gasteiger partial charge in [-0.05, 0) is 61.0 Å². The maximum absolute atomic E-state index is 11.2. The van der Waals surface area contributed by atoms with Crippen LogP contribution in [0.4, 0.5) is 0 Å². The molecule has 0 bridgehead atoms. The first-order valence-corrected chi connectivity index (χ1v) is 12.2. The van der Waals surface area contributed by atoms with E-state index in [1.165, 1.54) is 22.0 Å². The van der Waals surface area contributed by atoms with E-state index in [-0.39, 0.29) is 10.6 Å². The minimum atomic E-state index is -0.0836. The van der Waals surface area contributed by atoms with Crippen molar-refractivity contribution in [3.8, 4) is 5.75 Å². The molecule has 164 valence electrons. The molecule has 0 fully saturated rings. The number of nitrogens with zero attached hydrogens (tertiary/aromatic N) is 1. The van der Waals surface area contributed by atoms with Crippen LogP contribution in [0.5, 0.6) is 5.75 Å². The molecule has 2 atom stereocenters. The second-order valence-electron chi connectivity index (χ2n) is 9.56. The van der Waals surface area contributed by atoms with Crippen LogP contribution in [0.3, 0.4) is 0 Å². The predicted octanol–water partition coefficient (Wildman–Crippen LogP) is 7.15. The Morgan fingerprint density at radius 3 is 2.27 bits per heavy atom. The minimum Gasteiger partial charge on any atom is -0.507 e. The van der Waals surface area contributed by atoms with Gasteiger partial charge in [0.1, 0.15) is 5.75 Å². The Bertz CT molecular complexity index is 923. The molecule has 0 heterocycles.